The molecule has 23 heavy (non-hydrogen) atoms. The Hall–Kier alpha value is -1.55. The van der Waals surface area contributed by atoms with E-state index in [0.29, 0.717) is 10.0 Å². The lowest BCUT2D eigenvalue weighted by atomic mass is 10.0. The van der Waals surface area contributed by atoms with E-state index in [0.717, 1.165) is 22.1 Å². The van der Waals surface area contributed by atoms with Crippen LogP contribution in [0.25, 0.3) is 11.3 Å². The predicted molar refractivity (Wildman–Crippen MR) is 102 cm³/mol. The number of hydrogen-bond donors (Lipinski definition) is 1. The van der Waals surface area contributed by atoms with Crippen molar-refractivity contribution in [3.63, 3.8) is 0 Å². The molecule has 0 fully saturated rings. The summed E-state index contributed by atoms with van der Waals surface area (Å²) in [6.07, 6.45) is 0. The molecular weight excluding hydrogens is 347 g/mol. The van der Waals surface area contributed by atoms with Crippen LogP contribution in [0.5, 0.6) is 0 Å². The molecule has 0 bridgehead atoms. The van der Waals surface area contributed by atoms with Crippen molar-refractivity contribution in [1.82, 2.24) is 4.98 Å². The van der Waals surface area contributed by atoms with Gasteiger partial charge in [-0.25, -0.2) is 4.98 Å². The Labute approximate surface area is 150 Å². The van der Waals surface area contributed by atoms with Gasteiger partial charge in [0.1, 0.15) is 0 Å². The predicted octanol–water partition coefficient (Wildman–Crippen LogP) is 6.79. The highest BCUT2D eigenvalue weighted by atomic mass is 35.5. The first-order chi connectivity index (χ1) is 10.9. The summed E-state index contributed by atoms with van der Waals surface area (Å²) >= 11 is 13.8. The molecule has 5 heteroatoms. The monoisotopic (exact) mass is 362 g/mol. The molecule has 3 rings (SSSR count). The van der Waals surface area contributed by atoms with E-state index in [1.807, 2.05) is 6.07 Å². The summed E-state index contributed by atoms with van der Waals surface area (Å²) in [6, 6.07) is 11.8. The van der Waals surface area contributed by atoms with Gasteiger partial charge in [0.15, 0.2) is 5.13 Å². The van der Waals surface area contributed by atoms with E-state index < -0.39 is 0 Å². The second kappa shape index (κ2) is 6.52. The fourth-order valence-electron chi connectivity index (χ4n) is 2.31. The van der Waals surface area contributed by atoms with E-state index in [9.17, 15) is 0 Å². The summed E-state index contributed by atoms with van der Waals surface area (Å²) in [5.41, 5.74) is 5.50. The molecule has 0 aliphatic rings. The molecule has 0 radical (unpaired) electrons. The highest BCUT2D eigenvalue weighted by Crippen LogP contribution is 2.34. The van der Waals surface area contributed by atoms with Crippen LogP contribution in [0.2, 0.25) is 10.0 Å². The molecule has 0 spiro atoms. The molecule has 0 saturated carbocycles. The zero-order valence-electron chi connectivity index (χ0n) is 13.1. The first kappa shape index (κ1) is 16.3. The molecule has 2 aromatic carbocycles. The Kier molecular flexibility index (Phi) is 4.62. The van der Waals surface area contributed by atoms with Crippen molar-refractivity contribution in [2.45, 2.75) is 20.8 Å². The van der Waals surface area contributed by atoms with Crippen LogP contribution < -0.4 is 5.32 Å². The summed E-state index contributed by atoms with van der Waals surface area (Å²) in [6.45, 7) is 6.31. The van der Waals surface area contributed by atoms with Gasteiger partial charge in [-0.3, -0.25) is 0 Å². The number of benzene rings is 2. The van der Waals surface area contributed by atoms with Crippen LogP contribution >= 0.6 is 34.5 Å². The zero-order chi connectivity index (χ0) is 16.6. The average molecular weight is 363 g/mol. The van der Waals surface area contributed by atoms with E-state index in [2.05, 4.69) is 44.3 Å². The van der Waals surface area contributed by atoms with E-state index in [1.165, 1.54) is 16.0 Å². The highest BCUT2D eigenvalue weighted by Gasteiger charge is 2.12. The number of aryl methyl sites for hydroxylation is 3. The van der Waals surface area contributed by atoms with E-state index in [1.54, 1.807) is 23.5 Å². The highest BCUT2D eigenvalue weighted by molar-refractivity contribution is 7.16. The van der Waals surface area contributed by atoms with Gasteiger partial charge < -0.3 is 5.32 Å². The Morgan fingerprint density at radius 3 is 2.43 bits per heavy atom. The number of aromatic nitrogens is 1. The van der Waals surface area contributed by atoms with Crippen LogP contribution in [0, 0.1) is 20.8 Å². The molecule has 1 aromatic heterocycles. The smallest absolute Gasteiger partial charge is 0.188 e. The topological polar surface area (TPSA) is 24.9 Å². The lowest BCUT2D eigenvalue weighted by molar-refractivity contribution is 1.31. The molecule has 3 aromatic rings. The minimum absolute atomic E-state index is 0.582. The normalized spacial score (nSPS) is 10.8. The van der Waals surface area contributed by atoms with Crippen LogP contribution in [0.1, 0.15) is 16.0 Å². The maximum atomic E-state index is 6.21. The molecule has 1 heterocycles. The van der Waals surface area contributed by atoms with Gasteiger partial charge in [-0.05, 0) is 56.2 Å². The van der Waals surface area contributed by atoms with Gasteiger partial charge in [-0.2, -0.15) is 0 Å². The molecule has 0 aliphatic heterocycles. The fourth-order valence-corrected chi connectivity index (χ4v) is 3.62. The van der Waals surface area contributed by atoms with E-state index in [4.69, 9.17) is 28.2 Å². The minimum atomic E-state index is 0.582. The number of hydrogen-bond acceptors (Lipinski definition) is 3. The van der Waals surface area contributed by atoms with Crippen molar-refractivity contribution in [3.8, 4) is 11.3 Å². The van der Waals surface area contributed by atoms with Crippen LogP contribution in [-0.4, -0.2) is 4.98 Å². The molecule has 118 valence electrons. The van der Waals surface area contributed by atoms with Gasteiger partial charge in [-0.1, -0.05) is 35.3 Å². The lowest BCUT2D eigenvalue weighted by Crippen LogP contribution is -1.91. The van der Waals surface area contributed by atoms with Crippen molar-refractivity contribution >= 4 is 45.4 Å². The van der Waals surface area contributed by atoms with Crippen LogP contribution in [0.15, 0.2) is 36.4 Å². The lowest BCUT2D eigenvalue weighted by Gasteiger charge is -2.05. The number of rotatable bonds is 3. The third kappa shape index (κ3) is 3.52. The summed E-state index contributed by atoms with van der Waals surface area (Å²) in [7, 11) is 0. The SMILES string of the molecule is Cc1ccc(-c2nc(Nc3ccc(Cl)cc3Cl)sc2C)cc1C. The van der Waals surface area contributed by atoms with Gasteiger partial charge in [0, 0.05) is 15.5 Å². The number of halogens is 2. The van der Waals surface area contributed by atoms with Crippen molar-refractivity contribution in [3.05, 3.63) is 62.4 Å². The Bertz CT molecular complexity index is 871. The summed E-state index contributed by atoms with van der Waals surface area (Å²) in [4.78, 5) is 5.89. The van der Waals surface area contributed by atoms with Crippen molar-refractivity contribution in [2.75, 3.05) is 5.32 Å². The summed E-state index contributed by atoms with van der Waals surface area (Å²) in [5, 5.41) is 5.29. The number of nitrogens with zero attached hydrogens (tertiary/aromatic N) is 1. The zero-order valence-corrected chi connectivity index (χ0v) is 15.4. The first-order valence-corrected chi connectivity index (χ1v) is 8.78. The maximum absolute atomic E-state index is 6.21. The second-order valence-corrected chi connectivity index (χ2v) is 7.52. The van der Waals surface area contributed by atoms with Gasteiger partial charge in [-0.15, -0.1) is 11.3 Å². The Balaban J connectivity index is 1.93. The number of anilines is 2. The van der Waals surface area contributed by atoms with E-state index >= 15 is 0 Å². The molecule has 0 atom stereocenters. The molecule has 0 aliphatic carbocycles. The van der Waals surface area contributed by atoms with Crippen molar-refractivity contribution in [2.24, 2.45) is 0 Å². The fraction of sp³-hybridized carbons (Fsp3) is 0.167. The summed E-state index contributed by atoms with van der Waals surface area (Å²) < 4.78 is 0. The molecule has 2 nitrogen and oxygen atoms in total. The molecular formula is C18H16Cl2N2S. The Morgan fingerprint density at radius 1 is 0.957 bits per heavy atom. The molecule has 0 saturated heterocycles. The quantitative estimate of drug-likeness (QED) is 0.554. The third-order valence-electron chi connectivity index (χ3n) is 3.75. The Morgan fingerprint density at radius 2 is 1.74 bits per heavy atom. The maximum Gasteiger partial charge on any atom is 0.188 e. The largest absolute Gasteiger partial charge is 0.330 e. The van der Waals surface area contributed by atoms with Crippen molar-refractivity contribution in [1.29, 1.82) is 0 Å². The minimum Gasteiger partial charge on any atom is -0.330 e. The van der Waals surface area contributed by atoms with Gasteiger partial charge in [0.05, 0.1) is 16.4 Å². The third-order valence-corrected chi connectivity index (χ3v) is 5.18. The van der Waals surface area contributed by atoms with E-state index in [-0.39, 0.29) is 0 Å². The molecule has 1 N–H and O–H groups in total. The standard InChI is InChI=1S/C18H16Cl2N2S/c1-10-4-5-13(8-11(10)2)17-12(3)23-18(22-17)21-16-7-6-14(19)9-15(16)20/h4-9H,1-3H3,(H,21,22). The van der Waals surface area contributed by atoms with Gasteiger partial charge in [0.2, 0.25) is 0 Å². The number of nitrogens with one attached hydrogen (secondary N) is 1. The van der Waals surface area contributed by atoms with Crippen LogP contribution in [0.3, 0.4) is 0 Å². The van der Waals surface area contributed by atoms with Crippen molar-refractivity contribution < 1.29 is 0 Å². The molecule has 0 amide bonds. The van der Waals surface area contributed by atoms with Gasteiger partial charge in [0.25, 0.3) is 0 Å². The molecule has 0 unspecified atom stereocenters. The average Bonchev–Trinajstić information content (AvgIpc) is 2.86. The first-order valence-electron chi connectivity index (χ1n) is 7.21. The number of thiazole rings is 1. The second-order valence-electron chi connectivity index (χ2n) is 5.47. The van der Waals surface area contributed by atoms with Crippen LogP contribution in [0.4, 0.5) is 10.8 Å². The van der Waals surface area contributed by atoms with Crippen LogP contribution in [-0.2, 0) is 0 Å². The van der Waals surface area contributed by atoms with Gasteiger partial charge >= 0.3 is 0 Å². The summed E-state index contributed by atoms with van der Waals surface area (Å²) in [5.74, 6) is 0.